The summed E-state index contributed by atoms with van der Waals surface area (Å²) in [4.78, 5) is 12.7. The van der Waals surface area contributed by atoms with E-state index in [9.17, 15) is 4.79 Å². The molecular weight excluding hydrogens is 248 g/mol. The maximum Gasteiger partial charge on any atom is 0.228 e. The number of rotatable bonds is 5. The Morgan fingerprint density at radius 3 is 2.75 bits per heavy atom. The van der Waals surface area contributed by atoms with Gasteiger partial charge in [0.05, 0.1) is 5.92 Å². The summed E-state index contributed by atoms with van der Waals surface area (Å²) in [5, 5.41) is 6.58. The Kier molecular flexibility index (Phi) is 5.60. The molecular formula is C17H26N2O. The molecule has 0 radical (unpaired) electrons. The zero-order valence-electron chi connectivity index (χ0n) is 12.6. The fourth-order valence-electron chi connectivity index (χ4n) is 2.90. The lowest BCUT2D eigenvalue weighted by Gasteiger charge is -2.28. The van der Waals surface area contributed by atoms with Crippen LogP contribution in [-0.2, 0) is 4.79 Å². The van der Waals surface area contributed by atoms with E-state index >= 15 is 0 Å². The summed E-state index contributed by atoms with van der Waals surface area (Å²) in [6.07, 6.45) is 3.24. The molecule has 1 heterocycles. The Labute approximate surface area is 122 Å². The highest BCUT2D eigenvalue weighted by molar-refractivity contribution is 5.84. The number of nitrogens with one attached hydrogen (secondary N) is 2. The number of hydrogen-bond acceptors (Lipinski definition) is 2. The monoisotopic (exact) mass is 274 g/mol. The summed E-state index contributed by atoms with van der Waals surface area (Å²) < 4.78 is 0. The molecule has 1 saturated heterocycles. The molecule has 1 aliphatic heterocycles. The van der Waals surface area contributed by atoms with Gasteiger partial charge in [-0.05, 0) is 30.9 Å². The van der Waals surface area contributed by atoms with E-state index in [1.807, 2.05) is 18.2 Å². The van der Waals surface area contributed by atoms with Crippen molar-refractivity contribution in [2.75, 3.05) is 13.1 Å². The van der Waals surface area contributed by atoms with Crippen molar-refractivity contribution in [1.29, 1.82) is 0 Å². The van der Waals surface area contributed by atoms with E-state index in [4.69, 9.17) is 0 Å². The van der Waals surface area contributed by atoms with E-state index in [1.165, 1.54) is 0 Å². The van der Waals surface area contributed by atoms with Gasteiger partial charge in [-0.1, -0.05) is 50.6 Å². The van der Waals surface area contributed by atoms with E-state index < -0.39 is 0 Å². The molecule has 0 bridgehead atoms. The minimum atomic E-state index is -0.0388. The number of hydrogen-bond donors (Lipinski definition) is 2. The zero-order chi connectivity index (χ0) is 14.4. The largest absolute Gasteiger partial charge is 0.352 e. The second-order valence-electron chi connectivity index (χ2n) is 5.83. The lowest BCUT2D eigenvalue weighted by Crippen LogP contribution is -2.47. The molecule has 2 N–H and O–H groups in total. The Bertz CT molecular complexity index is 412. The van der Waals surface area contributed by atoms with Crippen LogP contribution in [0.2, 0.25) is 0 Å². The minimum Gasteiger partial charge on any atom is -0.352 e. The van der Waals surface area contributed by atoms with Crippen molar-refractivity contribution in [3.8, 4) is 0 Å². The second-order valence-corrected chi connectivity index (χ2v) is 5.83. The Balaban J connectivity index is 2.08. The van der Waals surface area contributed by atoms with Crippen molar-refractivity contribution < 1.29 is 4.79 Å². The van der Waals surface area contributed by atoms with E-state index in [-0.39, 0.29) is 17.9 Å². The van der Waals surface area contributed by atoms with Crippen LogP contribution in [0.5, 0.6) is 0 Å². The van der Waals surface area contributed by atoms with Crippen molar-refractivity contribution in [3.05, 3.63) is 35.9 Å². The Morgan fingerprint density at radius 2 is 2.15 bits per heavy atom. The van der Waals surface area contributed by atoms with E-state index in [0.29, 0.717) is 5.92 Å². The first-order valence-electron chi connectivity index (χ1n) is 7.78. The van der Waals surface area contributed by atoms with Gasteiger partial charge in [0.25, 0.3) is 0 Å². The summed E-state index contributed by atoms with van der Waals surface area (Å²) in [6, 6.07) is 10.4. The molecule has 1 aromatic rings. The van der Waals surface area contributed by atoms with Crippen LogP contribution in [0, 0.1) is 5.92 Å². The summed E-state index contributed by atoms with van der Waals surface area (Å²) >= 11 is 0. The predicted molar refractivity (Wildman–Crippen MR) is 82.7 cm³/mol. The summed E-state index contributed by atoms with van der Waals surface area (Å²) in [5.41, 5.74) is 1.13. The molecule has 2 rings (SSSR count). The summed E-state index contributed by atoms with van der Waals surface area (Å²) in [5.74, 6) is 0.497. The van der Waals surface area contributed by atoms with Gasteiger partial charge in [-0.15, -0.1) is 0 Å². The third kappa shape index (κ3) is 3.83. The van der Waals surface area contributed by atoms with Gasteiger partial charge in [0.2, 0.25) is 5.91 Å². The van der Waals surface area contributed by atoms with E-state index in [2.05, 4.69) is 36.6 Å². The number of piperidine rings is 1. The van der Waals surface area contributed by atoms with Gasteiger partial charge >= 0.3 is 0 Å². The Morgan fingerprint density at radius 1 is 1.40 bits per heavy atom. The number of carbonyl (C=O) groups excluding carboxylic acids is 1. The van der Waals surface area contributed by atoms with Crippen LogP contribution in [0.1, 0.15) is 44.6 Å². The molecule has 0 saturated carbocycles. The fourth-order valence-corrected chi connectivity index (χ4v) is 2.90. The van der Waals surface area contributed by atoms with Crippen LogP contribution in [-0.4, -0.2) is 25.0 Å². The lowest BCUT2D eigenvalue weighted by molar-refractivity contribution is -0.124. The number of benzene rings is 1. The van der Waals surface area contributed by atoms with Gasteiger partial charge < -0.3 is 10.6 Å². The molecule has 1 amide bonds. The average Bonchev–Trinajstić information content (AvgIpc) is 2.49. The first kappa shape index (κ1) is 15.0. The predicted octanol–water partition coefficient (Wildman–Crippen LogP) is 2.68. The van der Waals surface area contributed by atoms with Gasteiger partial charge in [0, 0.05) is 12.6 Å². The normalized spacial score (nSPS) is 22.0. The highest BCUT2D eigenvalue weighted by Crippen LogP contribution is 2.27. The maximum atomic E-state index is 12.7. The average molecular weight is 274 g/mol. The van der Waals surface area contributed by atoms with Crippen LogP contribution in [0.4, 0.5) is 0 Å². The molecule has 1 fully saturated rings. The van der Waals surface area contributed by atoms with Crippen LogP contribution in [0.25, 0.3) is 0 Å². The van der Waals surface area contributed by atoms with Crippen molar-refractivity contribution >= 4 is 5.91 Å². The van der Waals surface area contributed by atoms with Crippen molar-refractivity contribution in [1.82, 2.24) is 10.6 Å². The highest BCUT2D eigenvalue weighted by Gasteiger charge is 2.27. The number of carbonyl (C=O) groups is 1. The van der Waals surface area contributed by atoms with Gasteiger partial charge in [0.15, 0.2) is 0 Å². The topological polar surface area (TPSA) is 41.1 Å². The minimum absolute atomic E-state index is 0.0388. The maximum absolute atomic E-state index is 12.7. The van der Waals surface area contributed by atoms with Crippen LogP contribution in [0.3, 0.4) is 0 Å². The SMILES string of the molecule is CCC(C)C(C(=O)NC1CCCNC1)c1ccccc1. The smallest absolute Gasteiger partial charge is 0.228 e. The van der Waals surface area contributed by atoms with E-state index in [1.54, 1.807) is 0 Å². The molecule has 3 atom stereocenters. The third-order valence-electron chi connectivity index (χ3n) is 4.30. The zero-order valence-corrected chi connectivity index (χ0v) is 12.6. The molecule has 1 aliphatic rings. The van der Waals surface area contributed by atoms with Gasteiger partial charge in [-0.2, -0.15) is 0 Å². The van der Waals surface area contributed by atoms with Gasteiger partial charge in [-0.25, -0.2) is 0 Å². The van der Waals surface area contributed by atoms with Crippen molar-refractivity contribution in [2.24, 2.45) is 5.92 Å². The molecule has 0 aliphatic carbocycles. The van der Waals surface area contributed by atoms with Crippen molar-refractivity contribution in [3.63, 3.8) is 0 Å². The standard InChI is InChI=1S/C17H26N2O/c1-3-13(2)16(14-8-5-4-6-9-14)17(20)19-15-10-7-11-18-12-15/h4-6,8-9,13,15-16,18H,3,7,10-12H2,1-2H3,(H,19,20). The molecule has 3 unspecified atom stereocenters. The van der Waals surface area contributed by atoms with Crippen LogP contribution < -0.4 is 10.6 Å². The first-order chi connectivity index (χ1) is 9.72. The molecule has 110 valence electrons. The number of amides is 1. The quantitative estimate of drug-likeness (QED) is 0.867. The van der Waals surface area contributed by atoms with Crippen LogP contribution in [0.15, 0.2) is 30.3 Å². The van der Waals surface area contributed by atoms with Crippen molar-refractivity contribution in [2.45, 2.75) is 45.1 Å². The molecule has 0 spiro atoms. The van der Waals surface area contributed by atoms with Gasteiger partial charge in [0.1, 0.15) is 0 Å². The van der Waals surface area contributed by atoms with E-state index in [0.717, 1.165) is 37.9 Å². The molecule has 3 nitrogen and oxygen atoms in total. The first-order valence-corrected chi connectivity index (χ1v) is 7.78. The molecule has 20 heavy (non-hydrogen) atoms. The van der Waals surface area contributed by atoms with Crippen LogP contribution >= 0.6 is 0 Å². The second kappa shape index (κ2) is 7.44. The summed E-state index contributed by atoms with van der Waals surface area (Å²) in [7, 11) is 0. The Hall–Kier alpha value is -1.35. The van der Waals surface area contributed by atoms with Gasteiger partial charge in [-0.3, -0.25) is 4.79 Å². The lowest BCUT2D eigenvalue weighted by atomic mass is 9.84. The molecule has 3 heteroatoms. The summed E-state index contributed by atoms with van der Waals surface area (Å²) in [6.45, 7) is 6.28. The fraction of sp³-hybridized carbons (Fsp3) is 0.588. The third-order valence-corrected chi connectivity index (χ3v) is 4.30. The highest BCUT2D eigenvalue weighted by atomic mass is 16.2. The molecule has 0 aromatic heterocycles. The molecule has 1 aromatic carbocycles.